The van der Waals surface area contributed by atoms with Gasteiger partial charge in [-0.15, -0.1) is 0 Å². The van der Waals surface area contributed by atoms with E-state index in [4.69, 9.17) is 0 Å². The van der Waals surface area contributed by atoms with Crippen LogP contribution < -0.4 is 9.62 Å². The van der Waals surface area contributed by atoms with E-state index in [1.807, 2.05) is 0 Å². The van der Waals surface area contributed by atoms with Crippen LogP contribution in [0.2, 0.25) is 0 Å². The van der Waals surface area contributed by atoms with Crippen LogP contribution in [0.3, 0.4) is 0 Å². The zero-order chi connectivity index (χ0) is 19.8. The highest BCUT2D eigenvalue weighted by molar-refractivity contribution is 7.94. The number of carbonyl (C=O) groups excluding carboxylic acids is 2. The van der Waals surface area contributed by atoms with E-state index in [0.29, 0.717) is 12.1 Å². The van der Waals surface area contributed by atoms with Gasteiger partial charge in [0.25, 0.3) is 5.91 Å². The molecule has 0 radical (unpaired) electrons. The molecular weight excluding hydrogens is 366 g/mol. The van der Waals surface area contributed by atoms with Crippen molar-refractivity contribution < 1.29 is 18.0 Å². The van der Waals surface area contributed by atoms with Gasteiger partial charge in [-0.1, -0.05) is 6.92 Å². The lowest BCUT2D eigenvalue weighted by Crippen LogP contribution is -2.50. The molecule has 1 N–H and O–H groups in total. The van der Waals surface area contributed by atoms with Gasteiger partial charge in [-0.05, 0) is 64.0 Å². The molecule has 148 valence electrons. The van der Waals surface area contributed by atoms with E-state index in [0.717, 1.165) is 17.4 Å². The Bertz CT molecular complexity index is 827. The van der Waals surface area contributed by atoms with Gasteiger partial charge in [-0.3, -0.25) is 14.5 Å². The topological polar surface area (TPSA) is 86.8 Å². The fourth-order valence-corrected chi connectivity index (χ4v) is 5.49. The molecule has 0 aromatic heterocycles. The monoisotopic (exact) mass is 393 g/mol. The maximum Gasteiger partial charge on any atom is 0.251 e. The molecule has 2 aliphatic heterocycles. The van der Waals surface area contributed by atoms with Gasteiger partial charge in [-0.25, -0.2) is 12.7 Å². The first-order chi connectivity index (χ1) is 12.6. The van der Waals surface area contributed by atoms with E-state index in [9.17, 15) is 18.0 Å². The van der Waals surface area contributed by atoms with Crippen LogP contribution in [0.4, 0.5) is 5.69 Å². The van der Waals surface area contributed by atoms with Crippen molar-refractivity contribution >= 4 is 27.5 Å². The van der Waals surface area contributed by atoms with Crippen molar-refractivity contribution in [3.05, 3.63) is 29.8 Å². The van der Waals surface area contributed by atoms with Crippen LogP contribution in [0, 0.1) is 5.92 Å². The van der Waals surface area contributed by atoms with Crippen LogP contribution in [0.5, 0.6) is 0 Å². The van der Waals surface area contributed by atoms with Gasteiger partial charge in [0.1, 0.15) is 0 Å². The Morgan fingerprint density at radius 3 is 2.30 bits per heavy atom. The standard InChI is InChI=1S/C19H27N3O4S/c1-14-12-27(25,26)22(18(14)24)16-8-6-15(7-9-16)17(23)20-13-19(2,3)21-10-4-5-11-21/h6-9,14H,4-5,10-13H2,1-3H3,(H,20,23). The quantitative estimate of drug-likeness (QED) is 0.821. The second-order valence-corrected chi connectivity index (χ2v) is 9.88. The number of anilines is 1. The van der Waals surface area contributed by atoms with Crippen molar-refractivity contribution in [1.29, 1.82) is 0 Å². The molecule has 2 saturated heterocycles. The molecule has 2 fully saturated rings. The summed E-state index contributed by atoms with van der Waals surface area (Å²) in [5, 5.41) is 2.96. The van der Waals surface area contributed by atoms with Crippen molar-refractivity contribution in [1.82, 2.24) is 10.2 Å². The van der Waals surface area contributed by atoms with Crippen LogP contribution in [-0.4, -0.2) is 56.1 Å². The number of benzene rings is 1. The molecule has 0 aliphatic carbocycles. The Labute approximate surface area is 160 Å². The SMILES string of the molecule is CC1CS(=O)(=O)N(c2ccc(C(=O)NCC(C)(C)N3CCCC3)cc2)C1=O. The Kier molecular flexibility index (Phi) is 5.31. The Morgan fingerprint density at radius 1 is 1.19 bits per heavy atom. The highest BCUT2D eigenvalue weighted by Crippen LogP contribution is 2.28. The van der Waals surface area contributed by atoms with Crippen molar-refractivity contribution in [2.24, 2.45) is 5.92 Å². The molecule has 0 bridgehead atoms. The van der Waals surface area contributed by atoms with E-state index in [1.165, 1.54) is 25.0 Å². The van der Waals surface area contributed by atoms with Gasteiger partial charge in [0, 0.05) is 17.6 Å². The molecule has 3 rings (SSSR count). The van der Waals surface area contributed by atoms with E-state index in [2.05, 4.69) is 24.1 Å². The van der Waals surface area contributed by atoms with Crippen molar-refractivity contribution in [3.63, 3.8) is 0 Å². The van der Waals surface area contributed by atoms with Crippen LogP contribution in [0.1, 0.15) is 44.0 Å². The van der Waals surface area contributed by atoms with Crippen LogP contribution in [-0.2, 0) is 14.8 Å². The summed E-state index contributed by atoms with van der Waals surface area (Å²) in [5.41, 5.74) is 0.601. The van der Waals surface area contributed by atoms with E-state index >= 15 is 0 Å². The third-order valence-corrected chi connectivity index (χ3v) is 7.24. The van der Waals surface area contributed by atoms with E-state index < -0.39 is 21.8 Å². The summed E-state index contributed by atoms with van der Waals surface area (Å²) >= 11 is 0. The lowest BCUT2D eigenvalue weighted by atomic mass is 10.0. The molecule has 1 aromatic carbocycles. The van der Waals surface area contributed by atoms with Gasteiger partial charge in [0.2, 0.25) is 15.9 Å². The number of amides is 2. The predicted octanol–water partition coefficient (Wildman–Crippen LogP) is 1.60. The number of hydrogen-bond acceptors (Lipinski definition) is 5. The average molecular weight is 394 g/mol. The summed E-state index contributed by atoms with van der Waals surface area (Å²) in [5.74, 6) is -1.37. The largest absolute Gasteiger partial charge is 0.350 e. The molecular formula is C19H27N3O4S. The summed E-state index contributed by atoms with van der Waals surface area (Å²) < 4.78 is 25.2. The summed E-state index contributed by atoms with van der Waals surface area (Å²) in [7, 11) is -3.63. The second kappa shape index (κ2) is 7.24. The maximum absolute atomic E-state index is 12.5. The molecule has 2 amide bonds. The van der Waals surface area contributed by atoms with E-state index in [1.54, 1.807) is 19.1 Å². The Morgan fingerprint density at radius 2 is 1.78 bits per heavy atom. The summed E-state index contributed by atoms with van der Waals surface area (Å²) in [6, 6.07) is 6.13. The number of likely N-dealkylation sites (tertiary alicyclic amines) is 1. The summed E-state index contributed by atoms with van der Waals surface area (Å²) in [4.78, 5) is 27.0. The Hall–Kier alpha value is -1.93. The molecule has 1 unspecified atom stereocenters. The minimum Gasteiger partial charge on any atom is -0.350 e. The van der Waals surface area contributed by atoms with Crippen LogP contribution >= 0.6 is 0 Å². The molecule has 1 atom stereocenters. The first-order valence-electron chi connectivity index (χ1n) is 9.32. The molecule has 0 spiro atoms. The fraction of sp³-hybridized carbons (Fsp3) is 0.579. The van der Waals surface area contributed by atoms with Crippen LogP contribution in [0.25, 0.3) is 0 Å². The van der Waals surface area contributed by atoms with Crippen molar-refractivity contribution in [2.45, 2.75) is 39.2 Å². The normalized spacial score (nSPS) is 23.0. The molecule has 0 saturated carbocycles. The van der Waals surface area contributed by atoms with Gasteiger partial charge < -0.3 is 5.32 Å². The number of nitrogens with zero attached hydrogens (tertiary/aromatic N) is 2. The lowest BCUT2D eigenvalue weighted by Gasteiger charge is -2.35. The fourth-order valence-electron chi connectivity index (χ4n) is 3.67. The first-order valence-corrected chi connectivity index (χ1v) is 10.9. The number of sulfonamides is 1. The predicted molar refractivity (Wildman–Crippen MR) is 104 cm³/mol. The number of carbonyl (C=O) groups is 2. The average Bonchev–Trinajstić information content (AvgIpc) is 3.21. The lowest BCUT2D eigenvalue weighted by molar-refractivity contribution is -0.119. The number of nitrogens with one attached hydrogen (secondary N) is 1. The summed E-state index contributed by atoms with van der Waals surface area (Å²) in [6.07, 6.45) is 2.38. The second-order valence-electron chi connectivity index (χ2n) is 8.02. The minimum atomic E-state index is -3.63. The summed E-state index contributed by atoms with van der Waals surface area (Å²) in [6.45, 7) is 8.47. The molecule has 2 aliphatic rings. The maximum atomic E-state index is 12.5. The third kappa shape index (κ3) is 4.01. The molecule has 8 heteroatoms. The highest BCUT2D eigenvalue weighted by Gasteiger charge is 2.41. The minimum absolute atomic E-state index is 0.113. The smallest absolute Gasteiger partial charge is 0.251 e. The number of rotatable bonds is 5. The molecule has 2 heterocycles. The third-order valence-electron chi connectivity index (χ3n) is 5.37. The zero-order valence-electron chi connectivity index (χ0n) is 16.1. The molecule has 1 aromatic rings. The van der Waals surface area contributed by atoms with Gasteiger partial charge in [0.05, 0.1) is 17.4 Å². The van der Waals surface area contributed by atoms with E-state index in [-0.39, 0.29) is 22.9 Å². The molecule has 27 heavy (non-hydrogen) atoms. The van der Waals surface area contributed by atoms with Gasteiger partial charge in [0.15, 0.2) is 0 Å². The molecule has 7 nitrogen and oxygen atoms in total. The van der Waals surface area contributed by atoms with Crippen LogP contribution in [0.15, 0.2) is 24.3 Å². The van der Waals surface area contributed by atoms with Gasteiger partial charge in [-0.2, -0.15) is 0 Å². The zero-order valence-corrected chi connectivity index (χ0v) is 16.9. The van der Waals surface area contributed by atoms with Crippen molar-refractivity contribution in [3.8, 4) is 0 Å². The number of hydrogen-bond donors (Lipinski definition) is 1. The highest BCUT2D eigenvalue weighted by atomic mass is 32.2. The van der Waals surface area contributed by atoms with Gasteiger partial charge >= 0.3 is 0 Å². The Balaban J connectivity index is 1.66. The first kappa shape index (κ1) is 19.8. The van der Waals surface area contributed by atoms with Crippen molar-refractivity contribution in [2.75, 3.05) is 29.7 Å².